The average molecular weight is 147 g/mol. The zero-order valence-electron chi connectivity index (χ0n) is 5.90. The number of rotatable bonds is 0. The van der Waals surface area contributed by atoms with Gasteiger partial charge in [0.25, 0.3) is 0 Å². The van der Waals surface area contributed by atoms with E-state index in [4.69, 9.17) is 20.7 Å². The molecule has 60 valence electrons. The van der Waals surface area contributed by atoms with Crippen LogP contribution in [-0.4, -0.2) is 34.8 Å². The van der Waals surface area contributed by atoms with Crippen LogP contribution in [-0.2, 0) is 4.74 Å². The van der Waals surface area contributed by atoms with Gasteiger partial charge in [0.15, 0.2) is 6.29 Å². The number of aliphatic hydroxyl groups is 2. The van der Waals surface area contributed by atoms with Crippen LogP contribution in [0.15, 0.2) is 0 Å². The highest BCUT2D eigenvalue weighted by molar-refractivity contribution is 4.80. The molecule has 1 rings (SSSR count). The van der Waals surface area contributed by atoms with Crippen molar-refractivity contribution in [2.75, 3.05) is 0 Å². The van der Waals surface area contributed by atoms with Crippen LogP contribution in [0.1, 0.15) is 13.3 Å². The Bertz CT molecular complexity index is 93.6. The van der Waals surface area contributed by atoms with Crippen LogP contribution in [0.5, 0.6) is 0 Å². The first-order valence-corrected chi connectivity index (χ1v) is 3.38. The van der Waals surface area contributed by atoms with E-state index in [0.717, 1.165) is 0 Å². The highest BCUT2D eigenvalue weighted by Crippen LogP contribution is 2.16. The predicted molar refractivity (Wildman–Crippen MR) is 35.2 cm³/mol. The second kappa shape index (κ2) is 2.84. The summed E-state index contributed by atoms with van der Waals surface area (Å²) in [5, 5.41) is 17.9. The van der Waals surface area contributed by atoms with Crippen molar-refractivity contribution in [3.8, 4) is 0 Å². The van der Waals surface area contributed by atoms with Crippen molar-refractivity contribution in [3.05, 3.63) is 0 Å². The molecule has 10 heavy (non-hydrogen) atoms. The maximum absolute atomic E-state index is 9.01. The SMILES string of the molecule is CC1OC(O)C(O)CC1N. The van der Waals surface area contributed by atoms with Gasteiger partial charge in [0.2, 0.25) is 0 Å². The molecule has 0 aromatic rings. The van der Waals surface area contributed by atoms with Gasteiger partial charge in [-0.15, -0.1) is 0 Å². The van der Waals surface area contributed by atoms with Gasteiger partial charge in [-0.1, -0.05) is 0 Å². The lowest BCUT2D eigenvalue weighted by molar-refractivity contribution is -0.216. The van der Waals surface area contributed by atoms with Gasteiger partial charge in [-0.05, 0) is 13.3 Å². The summed E-state index contributed by atoms with van der Waals surface area (Å²) in [6, 6.07) is -0.168. The molecule has 0 amide bonds. The summed E-state index contributed by atoms with van der Waals surface area (Å²) >= 11 is 0. The Hall–Kier alpha value is -0.160. The fourth-order valence-corrected chi connectivity index (χ4v) is 0.998. The van der Waals surface area contributed by atoms with Crippen molar-refractivity contribution in [3.63, 3.8) is 0 Å². The fourth-order valence-electron chi connectivity index (χ4n) is 0.998. The predicted octanol–water partition coefficient (Wildman–Crippen LogP) is -1.20. The van der Waals surface area contributed by atoms with E-state index in [9.17, 15) is 0 Å². The minimum absolute atomic E-state index is 0.168. The molecule has 1 fully saturated rings. The Balaban J connectivity index is 2.46. The molecule has 4 nitrogen and oxygen atoms in total. The van der Waals surface area contributed by atoms with Crippen LogP contribution in [0.4, 0.5) is 0 Å². The Morgan fingerprint density at radius 2 is 2.10 bits per heavy atom. The van der Waals surface area contributed by atoms with Crippen molar-refractivity contribution in [2.45, 2.75) is 37.9 Å². The summed E-state index contributed by atoms with van der Waals surface area (Å²) in [5.41, 5.74) is 5.53. The Kier molecular flexibility index (Phi) is 2.25. The van der Waals surface area contributed by atoms with E-state index < -0.39 is 12.4 Å². The van der Waals surface area contributed by atoms with Crippen LogP contribution in [0.25, 0.3) is 0 Å². The number of hydrogen-bond donors (Lipinski definition) is 3. The van der Waals surface area contributed by atoms with Crippen LogP contribution in [0, 0.1) is 0 Å². The third-order valence-corrected chi connectivity index (χ3v) is 1.80. The van der Waals surface area contributed by atoms with E-state index in [0.29, 0.717) is 6.42 Å². The summed E-state index contributed by atoms with van der Waals surface area (Å²) in [7, 11) is 0. The minimum Gasteiger partial charge on any atom is -0.388 e. The summed E-state index contributed by atoms with van der Waals surface area (Å²) in [4.78, 5) is 0. The van der Waals surface area contributed by atoms with Gasteiger partial charge in [0.05, 0.1) is 6.10 Å². The van der Waals surface area contributed by atoms with E-state index in [1.54, 1.807) is 6.92 Å². The number of nitrogens with two attached hydrogens (primary N) is 1. The monoisotopic (exact) mass is 147 g/mol. The van der Waals surface area contributed by atoms with Gasteiger partial charge < -0.3 is 20.7 Å². The van der Waals surface area contributed by atoms with Gasteiger partial charge in [-0.25, -0.2) is 0 Å². The van der Waals surface area contributed by atoms with Crippen LogP contribution in [0.2, 0.25) is 0 Å². The first-order chi connectivity index (χ1) is 4.61. The van der Waals surface area contributed by atoms with Crippen molar-refractivity contribution >= 4 is 0 Å². The molecule has 0 bridgehead atoms. The van der Waals surface area contributed by atoms with Crippen molar-refractivity contribution in [2.24, 2.45) is 5.73 Å². The summed E-state index contributed by atoms with van der Waals surface area (Å²) in [6.07, 6.45) is -1.65. The van der Waals surface area contributed by atoms with E-state index in [2.05, 4.69) is 0 Å². The van der Waals surface area contributed by atoms with Gasteiger partial charge in [0.1, 0.15) is 6.10 Å². The van der Waals surface area contributed by atoms with Gasteiger partial charge in [-0.2, -0.15) is 0 Å². The average Bonchev–Trinajstić information content (AvgIpc) is 1.84. The Labute approximate surface area is 59.6 Å². The molecule has 0 spiro atoms. The summed E-state index contributed by atoms with van der Waals surface area (Å²) < 4.78 is 4.89. The standard InChI is InChI=1S/C6H13NO3/c1-3-4(7)2-5(8)6(9)10-3/h3-6,8-9H,2,7H2,1H3. The number of ether oxygens (including phenoxy) is 1. The molecular weight excluding hydrogens is 134 g/mol. The van der Waals surface area contributed by atoms with E-state index >= 15 is 0 Å². The minimum atomic E-state index is -1.06. The maximum Gasteiger partial charge on any atom is 0.181 e. The van der Waals surface area contributed by atoms with Gasteiger partial charge >= 0.3 is 0 Å². The zero-order chi connectivity index (χ0) is 7.72. The molecule has 4 heteroatoms. The van der Waals surface area contributed by atoms with Crippen LogP contribution < -0.4 is 5.73 Å². The lowest BCUT2D eigenvalue weighted by atomic mass is 10.0. The third kappa shape index (κ3) is 1.46. The highest BCUT2D eigenvalue weighted by Gasteiger charge is 2.31. The largest absolute Gasteiger partial charge is 0.388 e. The number of hydrogen-bond acceptors (Lipinski definition) is 4. The lowest BCUT2D eigenvalue weighted by Gasteiger charge is -2.33. The summed E-state index contributed by atoms with van der Waals surface area (Å²) in [6.45, 7) is 1.78. The molecule has 0 saturated carbocycles. The molecule has 4 atom stereocenters. The van der Waals surface area contributed by atoms with Crippen molar-refractivity contribution in [1.29, 1.82) is 0 Å². The van der Waals surface area contributed by atoms with E-state index in [-0.39, 0.29) is 12.1 Å². The maximum atomic E-state index is 9.01. The molecule has 0 radical (unpaired) electrons. The first-order valence-electron chi connectivity index (χ1n) is 3.38. The van der Waals surface area contributed by atoms with Crippen LogP contribution in [0.3, 0.4) is 0 Å². The molecule has 1 heterocycles. The number of aliphatic hydroxyl groups excluding tert-OH is 2. The van der Waals surface area contributed by atoms with Gasteiger partial charge in [0, 0.05) is 6.04 Å². The van der Waals surface area contributed by atoms with Crippen molar-refractivity contribution in [1.82, 2.24) is 0 Å². The Morgan fingerprint density at radius 3 is 2.60 bits per heavy atom. The quantitative estimate of drug-likeness (QED) is 0.402. The second-order valence-electron chi connectivity index (χ2n) is 2.70. The normalized spacial score (nSPS) is 49.2. The topological polar surface area (TPSA) is 75.7 Å². The molecule has 1 saturated heterocycles. The zero-order valence-corrected chi connectivity index (χ0v) is 5.90. The smallest absolute Gasteiger partial charge is 0.181 e. The van der Waals surface area contributed by atoms with Crippen molar-refractivity contribution < 1.29 is 14.9 Å². The molecule has 4 unspecified atom stereocenters. The van der Waals surface area contributed by atoms with E-state index in [1.807, 2.05) is 0 Å². The summed E-state index contributed by atoms with van der Waals surface area (Å²) in [5.74, 6) is 0. The Morgan fingerprint density at radius 1 is 1.50 bits per heavy atom. The molecule has 1 aliphatic rings. The molecule has 0 aromatic heterocycles. The lowest BCUT2D eigenvalue weighted by Crippen LogP contribution is -2.49. The highest BCUT2D eigenvalue weighted by atomic mass is 16.6. The third-order valence-electron chi connectivity index (χ3n) is 1.80. The first kappa shape index (κ1) is 7.94. The molecule has 1 aliphatic heterocycles. The second-order valence-corrected chi connectivity index (χ2v) is 2.70. The molecular formula is C6H13NO3. The molecule has 0 aliphatic carbocycles. The van der Waals surface area contributed by atoms with Crippen LogP contribution >= 0.6 is 0 Å². The fraction of sp³-hybridized carbons (Fsp3) is 1.00. The van der Waals surface area contributed by atoms with E-state index in [1.165, 1.54) is 0 Å². The molecule has 0 aromatic carbocycles. The van der Waals surface area contributed by atoms with Gasteiger partial charge in [-0.3, -0.25) is 0 Å². The molecule has 4 N–H and O–H groups in total.